The van der Waals surface area contributed by atoms with Crippen molar-refractivity contribution in [3.63, 3.8) is 0 Å². The number of nitrogens with zero attached hydrogens (tertiary/aromatic N) is 3. The molecule has 0 aliphatic rings. The highest BCUT2D eigenvalue weighted by Gasteiger charge is 2.15. The van der Waals surface area contributed by atoms with Crippen molar-refractivity contribution in [3.05, 3.63) is 188 Å². The van der Waals surface area contributed by atoms with E-state index in [1.54, 1.807) is 0 Å². The lowest BCUT2D eigenvalue weighted by atomic mass is 9.99. The third-order valence-electron chi connectivity index (χ3n) is 10.6. The summed E-state index contributed by atoms with van der Waals surface area (Å²) in [6.45, 7) is 0. The zero-order valence-corrected chi connectivity index (χ0v) is 29.6. The van der Waals surface area contributed by atoms with Crippen molar-refractivity contribution in [2.24, 2.45) is 0 Å². The van der Waals surface area contributed by atoms with Crippen LogP contribution in [0.1, 0.15) is 0 Å². The van der Waals surface area contributed by atoms with E-state index in [0.717, 1.165) is 70.9 Å². The fraction of sp³-hybridized carbons (Fsp3) is 0. The Hall–Kier alpha value is -7.43. The largest absolute Gasteiger partial charge is 0.456 e. The van der Waals surface area contributed by atoms with Crippen molar-refractivity contribution in [3.8, 4) is 56.4 Å². The highest BCUT2D eigenvalue weighted by Crippen LogP contribution is 2.35. The molecular formula is C51H31N3O. The molecule has 55 heavy (non-hydrogen) atoms. The first kappa shape index (κ1) is 31.1. The van der Waals surface area contributed by atoms with Gasteiger partial charge in [0.15, 0.2) is 17.5 Å². The number of rotatable bonds is 5. The minimum Gasteiger partial charge on any atom is -0.456 e. The van der Waals surface area contributed by atoms with Gasteiger partial charge in [-0.05, 0) is 103 Å². The van der Waals surface area contributed by atoms with E-state index in [-0.39, 0.29) is 0 Å². The van der Waals surface area contributed by atoms with Gasteiger partial charge in [-0.2, -0.15) is 0 Å². The summed E-state index contributed by atoms with van der Waals surface area (Å²) < 4.78 is 6.19. The minimum atomic E-state index is 0.622. The Morgan fingerprint density at radius 3 is 1.25 bits per heavy atom. The fourth-order valence-electron chi connectivity index (χ4n) is 7.76. The van der Waals surface area contributed by atoms with Gasteiger partial charge in [-0.3, -0.25) is 0 Å². The van der Waals surface area contributed by atoms with E-state index in [9.17, 15) is 0 Å². The van der Waals surface area contributed by atoms with Crippen LogP contribution in [0.4, 0.5) is 0 Å². The predicted molar refractivity (Wildman–Crippen MR) is 227 cm³/mol. The zero-order valence-electron chi connectivity index (χ0n) is 29.6. The number of hydrogen-bond acceptors (Lipinski definition) is 4. The van der Waals surface area contributed by atoms with Crippen molar-refractivity contribution in [1.29, 1.82) is 0 Å². The van der Waals surface area contributed by atoms with Gasteiger partial charge < -0.3 is 4.42 Å². The number of para-hydroxylation sites is 1. The average molecular weight is 702 g/mol. The van der Waals surface area contributed by atoms with E-state index >= 15 is 0 Å². The van der Waals surface area contributed by atoms with Crippen LogP contribution in [-0.2, 0) is 0 Å². The van der Waals surface area contributed by atoms with Crippen molar-refractivity contribution in [1.82, 2.24) is 15.0 Å². The van der Waals surface area contributed by atoms with Gasteiger partial charge in [0, 0.05) is 27.5 Å². The number of benzene rings is 9. The van der Waals surface area contributed by atoms with Crippen LogP contribution in [0.3, 0.4) is 0 Å². The topological polar surface area (TPSA) is 51.8 Å². The smallest absolute Gasteiger partial charge is 0.164 e. The maximum Gasteiger partial charge on any atom is 0.164 e. The van der Waals surface area contributed by atoms with Crippen LogP contribution in [0.25, 0.3) is 111 Å². The highest BCUT2D eigenvalue weighted by atomic mass is 16.3. The van der Waals surface area contributed by atoms with E-state index in [2.05, 4.69) is 164 Å². The van der Waals surface area contributed by atoms with Gasteiger partial charge in [0.1, 0.15) is 11.2 Å². The Bertz CT molecular complexity index is 3260. The molecule has 11 rings (SSSR count). The molecule has 2 aromatic heterocycles. The maximum atomic E-state index is 6.19. The second kappa shape index (κ2) is 12.6. The standard InChI is InChI=1S/C51H31N3O/c1-3-9-32(10-4-1)35-18-19-38-26-40(23-20-37(38)25-35)49-52-50(41-22-16-34-15-17-36(27-43(34)28-41)33-11-5-2-6-12-33)54-51(53-49)42-24-21-39-31-48-46(30-44(39)29-42)45-13-7-8-14-47(45)55-48/h1-31H. The van der Waals surface area contributed by atoms with Gasteiger partial charge in [-0.1, -0.05) is 140 Å². The van der Waals surface area contributed by atoms with Crippen LogP contribution < -0.4 is 0 Å². The SMILES string of the molecule is c1ccc(-c2ccc3cc(-c4nc(-c5ccc6ccc(-c7ccccc7)cc6c5)nc(-c5ccc6cc7oc8ccccc8c7cc6c5)n4)ccc3c2)cc1. The molecule has 0 N–H and O–H groups in total. The Morgan fingerprint density at radius 2 is 0.673 bits per heavy atom. The molecule has 0 saturated heterocycles. The van der Waals surface area contributed by atoms with E-state index in [1.165, 1.54) is 22.3 Å². The number of aromatic nitrogens is 3. The molecule has 9 aromatic carbocycles. The van der Waals surface area contributed by atoms with Crippen LogP contribution in [0.5, 0.6) is 0 Å². The van der Waals surface area contributed by atoms with Crippen molar-refractivity contribution in [2.75, 3.05) is 0 Å². The summed E-state index contributed by atoms with van der Waals surface area (Å²) >= 11 is 0. The first-order chi connectivity index (χ1) is 27.2. The van der Waals surface area contributed by atoms with Crippen LogP contribution in [0.15, 0.2) is 192 Å². The zero-order chi connectivity index (χ0) is 36.3. The number of fused-ring (bicyclic) bond motifs is 6. The molecule has 0 bridgehead atoms. The lowest BCUT2D eigenvalue weighted by molar-refractivity contribution is 0.669. The second-order valence-electron chi connectivity index (χ2n) is 14.1. The molecule has 11 aromatic rings. The van der Waals surface area contributed by atoms with Crippen LogP contribution >= 0.6 is 0 Å². The molecule has 0 unspecified atom stereocenters. The van der Waals surface area contributed by atoms with Gasteiger partial charge in [0.05, 0.1) is 0 Å². The summed E-state index contributed by atoms with van der Waals surface area (Å²) in [5, 5.41) is 8.97. The molecule has 0 saturated carbocycles. The molecule has 0 fully saturated rings. The highest BCUT2D eigenvalue weighted by molar-refractivity contribution is 6.10. The Morgan fingerprint density at radius 1 is 0.255 bits per heavy atom. The average Bonchev–Trinajstić information content (AvgIpc) is 3.62. The number of furan rings is 1. The molecule has 0 aliphatic heterocycles. The molecule has 0 spiro atoms. The van der Waals surface area contributed by atoms with Gasteiger partial charge >= 0.3 is 0 Å². The summed E-state index contributed by atoms with van der Waals surface area (Å²) in [4.78, 5) is 15.5. The summed E-state index contributed by atoms with van der Waals surface area (Å²) in [5.41, 5.74) is 9.30. The normalized spacial score (nSPS) is 11.6. The molecule has 256 valence electrons. The maximum absolute atomic E-state index is 6.19. The van der Waals surface area contributed by atoms with E-state index in [4.69, 9.17) is 19.4 Å². The number of hydrogen-bond donors (Lipinski definition) is 0. The van der Waals surface area contributed by atoms with Crippen molar-refractivity contribution >= 4 is 54.3 Å². The predicted octanol–water partition coefficient (Wildman–Crippen LogP) is 13.6. The lowest BCUT2D eigenvalue weighted by Crippen LogP contribution is -2.00. The van der Waals surface area contributed by atoms with Gasteiger partial charge in [-0.25, -0.2) is 15.0 Å². The van der Waals surface area contributed by atoms with E-state index in [1.807, 2.05) is 24.3 Å². The van der Waals surface area contributed by atoms with E-state index in [0.29, 0.717) is 17.5 Å². The Balaban J connectivity index is 1.07. The molecule has 0 atom stereocenters. The fourth-order valence-corrected chi connectivity index (χ4v) is 7.76. The molecule has 0 aliphatic carbocycles. The Labute approximate surface area is 317 Å². The summed E-state index contributed by atoms with van der Waals surface area (Å²) in [7, 11) is 0. The molecule has 0 radical (unpaired) electrons. The molecule has 4 heteroatoms. The summed E-state index contributed by atoms with van der Waals surface area (Å²) in [6, 6.07) is 66.0. The summed E-state index contributed by atoms with van der Waals surface area (Å²) in [5.74, 6) is 1.88. The van der Waals surface area contributed by atoms with Gasteiger partial charge in [0.2, 0.25) is 0 Å². The third-order valence-corrected chi connectivity index (χ3v) is 10.6. The lowest BCUT2D eigenvalue weighted by Gasteiger charge is -2.11. The van der Waals surface area contributed by atoms with Gasteiger partial charge in [-0.15, -0.1) is 0 Å². The monoisotopic (exact) mass is 701 g/mol. The Kier molecular flexibility index (Phi) is 7.14. The van der Waals surface area contributed by atoms with E-state index < -0.39 is 0 Å². The molecule has 0 amide bonds. The van der Waals surface area contributed by atoms with Crippen molar-refractivity contribution < 1.29 is 4.42 Å². The van der Waals surface area contributed by atoms with Crippen LogP contribution in [0, 0.1) is 0 Å². The first-order valence-electron chi connectivity index (χ1n) is 18.5. The quantitative estimate of drug-likeness (QED) is 0.179. The minimum absolute atomic E-state index is 0.622. The van der Waals surface area contributed by atoms with Crippen molar-refractivity contribution in [2.45, 2.75) is 0 Å². The molecular weight excluding hydrogens is 671 g/mol. The van der Waals surface area contributed by atoms with Crippen LogP contribution in [-0.4, -0.2) is 15.0 Å². The second-order valence-corrected chi connectivity index (χ2v) is 14.1. The molecule has 2 heterocycles. The first-order valence-corrected chi connectivity index (χ1v) is 18.5. The molecule has 4 nitrogen and oxygen atoms in total. The van der Waals surface area contributed by atoms with Gasteiger partial charge in [0.25, 0.3) is 0 Å². The van der Waals surface area contributed by atoms with Crippen LogP contribution in [0.2, 0.25) is 0 Å². The summed E-state index contributed by atoms with van der Waals surface area (Å²) in [6.07, 6.45) is 0. The third kappa shape index (κ3) is 5.60.